The summed E-state index contributed by atoms with van der Waals surface area (Å²) in [4.78, 5) is 4.44. The standard InChI is InChI=1S/C10H22N4S/c1-2-3-6-12-10(14-11)13-8-9-5-4-7-15-9/h9H,2-8,11H2,1H3,(H2,12,13,14). The highest BCUT2D eigenvalue weighted by molar-refractivity contribution is 8.00. The molecule has 1 atom stereocenters. The molecule has 1 unspecified atom stereocenters. The SMILES string of the molecule is CCCCNC(=NCC1CCCS1)NN. The first-order valence-corrected chi connectivity index (χ1v) is 6.78. The Bertz CT molecular complexity index is 190. The maximum absolute atomic E-state index is 5.39. The molecule has 0 radical (unpaired) electrons. The van der Waals surface area contributed by atoms with Crippen molar-refractivity contribution < 1.29 is 0 Å². The van der Waals surface area contributed by atoms with E-state index in [1.54, 1.807) is 0 Å². The predicted octanol–water partition coefficient (Wildman–Crippen LogP) is 1.09. The average molecular weight is 230 g/mol. The van der Waals surface area contributed by atoms with Gasteiger partial charge in [-0.3, -0.25) is 10.4 Å². The minimum absolute atomic E-state index is 0.696. The summed E-state index contributed by atoms with van der Waals surface area (Å²) >= 11 is 2.02. The summed E-state index contributed by atoms with van der Waals surface area (Å²) in [6.45, 7) is 3.99. The number of guanidine groups is 1. The van der Waals surface area contributed by atoms with Crippen LogP contribution in [0.15, 0.2) is 4.99 Å². The molecule has 4 N–H and O–H groups in total. The lowest BCUT2D eigenvalue weighted by atomic mass is 10.2. The zero-order valence-corrected chi connectivity index (χ0v) is 10.3. The van der Waals surface area contributed by atoms with Crippen LogP contribution >= 0.6 is 11.8 Å². The van der Waals surface area contributed by atoms with E-state index < -0.39 is 0 Å². The number of aliphatic imine (C=N–C) groups is 1. The third kappa shape index (κ3) is 5.28. The average Bonchev–Trinajstić information content (AvgIpc) is 2.76. The number of nitrogens with two attached hydrogens (primary N) is 1. The van der Waals surface area contributed by atoms with Gasteiger partial charge in [0.1, 0.15) is 0 Å². The monoisotopic (exact) mass is 230 g/mol. The van der Waals surface area contributed by atoms with Gasteiger partial charge in [0, 0.05) is 11.8 Å². The quantitative estimate of drug-likeness (QED) is 0.217. The number of nitrogens with zero attached hydrogens (tertiary/aromatic N) is 1. The second kappa shape index (κ2) is 7.82. The van der Waals surface area contributed by atoms with Gasteiger partial charge in [-0.2, -0.15) is 11.8 Å². The zero-order valence-electron chi connectivity index (χ0n) is 9.46. The molecule has 0 saturated carbocycles. The number of nitrogens with one attached hydrogen (secondary N) is 2. The smallest absolute Gasteiger partial charge is 0.205 e. The van der Waals surface area contributed by atoms with E-state index in [2.05, 4.69) is 22.7 Å². The lowest BCUT2D eigenvalue weighted by molar-refractivity contribution is 0.724. The van der Waals surface area contributed by atoms with Crippen molar-refractivity contribution >= 4 is 17.7 Å². The second-order valence-corrected chi connectivity index (χ2v) is 5.16. The van der Waals surface area contributed by atoms with Gasteiger partial charge >= 0.3 is 0 Å². The van der Waals surface area contributed by atoms with E-state index in [0.29, 0.717) is 5.25 Å². The van der Waals surface area contributed by atoms with Crippen LogP contribution in [0.3, 0.4) is 0 Å². The molecule has 1 fully saturated rings. The molecule has 0 aromatic rings. The van der Waals surface area contributed by atoms with Crippen LogP contribution in [-0.4, -0.2) is 30.1 Å². The van der Waals surface area contributed by atoms with Crippen molar-refractivity contribution in [2.75, 3.05) is 18.8 Å². The fourth-order valence-electron chi connectivity index (χ4n) is 1.52. The minimum Gasteiger partial charge on any atom is -0.355 e. The summed E-state index contributed by atoms with van der Waals surface area (Å²) in [6.07, 6.45) is 4.96. The fourth-order valence-corrected chi connectivity index (χ4v) is 2.70. The van der Waals surface area contributed by atoms with Crippen molar-refractivity contribution in [3.8, 4) is 0 Å². The first-order chi connectivity index (χ1) is 7.36. The van der Waals surface area contributed by atoms with Crippen molar-refractivity contribution in [2.45, 2.75) is 37.9 Å². The largest absolute Gasteiger partial charge is 0.355 e. The van der Waals surface area contributed by atoms with Crippen LogP contribution < -0.4 is 16.6 Å². The Labute approximate surface area is 96.4 Å². The van der Waals surface area contributed by atoms with E-state index in [-0.39, 0.29) is 0 Å². The summed E-state index contributed by atoms with van der Waals surface area (Å²) in [6, 6.07) is 0. The van der Waals surface area contributed by atoms with Gasteiger partial charge in [0.05, 0.1) is 6.54 Å². The number of rotatable bonds is 5. The Balaban J connectivity index is 2.19. The highest BCUT2D eigenvalue weighted by Gasteiger charge is 2.14. The first-order valence-electron chi connectivity index (χ1n) is 5.73. The Kier molecular flexibility index (Phi) is 6.59. The highest BCUT2D eigenvalue weighted by Crippen LogP contribution is 2.25. The van der Waals surface area contributed by atoms with Crippen LogP contribution in [0.1, 0.15) is 32.6 Å². The molecule has 1 rings (SSSR count). The van der Waals surface area contributed by atoms with Crippen LogP contribution in [-0.2, 0) is 0 Å². The molecule has 0 aromatic heterocycles. The summed E-state index contributed by atoms with van der Waals surface area (Å²) in [7, 11) is 0. The summed E-state index contributed by atoms with van der Waals surface area (Å²) < 4.78 is 0. The molecule has 4 nitrogen and oxygen atoms in total. The first kappa shape index (κ1) is 12.6. The number of unbranched alkanes of at least 4 members (excludes halogenated alkanes) is 1. The van der Waals surface area contributed by atoms with Crippen molar-refractivity contribution in [1.29, 1.82) is 0 Å². The van der Waals surface area contributed by atoms with Gasteiger partial charge in [0.2, 0.25) is 5.96 Å². The Hall–Kier alpha value is -0.420. The third-order valence-corrected chi connectivity index (χ3v) is 3.82. The lowest BCUT2D eigenvalue weighted by Gasteiger charge is -2.10. The molecule has 1 aliphatic rings. The summed E-state index contributed by atoms with van der Waals surface area (Å²) in [5, 5.41) is 3.89. The van der Waals surface area contributed by atoms with Crippen molar-refractivity contribution in [3.63, 3.8) is 0 Å². The van der Waals surface area contributed by atoms with Gasteiger partial charge in [-0.15, -0.1) is 0 Å². The van der Waals surface area contributed by atoms with E-state index in [9.17, 15) is 0 Å². The third-order valence-electron chi connectivity index (χ3n) is 2.44. The van der Waals surface area contributed by atoms with Crippen LogP contribution in [0.5, 0.6) is 0 Å². The van der Waals surface area contributed by atoms with E-state index in [0.717, 1.165) is 25.5 Å². The van der Waals surface area contributed by atoms with E-state index >= 15 is 0 Å². The molecule has 0 aromatic carbocycles. The normalized spacial score (nSPS) is 21.7. The predicted molar refractivity (Wildman–Crippen MR) is 68.0 cm³/mol. The van der Waals surface area contributed by atoms with E-state index in [4.69, 9.17) is 5.84 Å². The van der Waals surface area contributed by atoms with Crippen LogP contribution in [0.2, 0.25) is 0 Å². The van der Waals surface area contributed by atoms with Gasteiger partial charge in [0.25, 0.3) is 0 Å². The van der Waals surface area contributed by atoms with E-state index in [1.807, 2.05) is 11.8 Å². The molecule has 0 aliphatic carbocycles. The minimum atomic E-state index is 0.696. The number of hydrogen-bond donors (Lipinski definition) is 3. The molecule has 0 spiro atoms. The van der Waals surface area contributed by atoms with Crippen LogP contribution in [0.25, 0.3) is 0 Å². The highest BCUT2D eigenvalue weighted by atomic mass is 32.2. The summed E-state index contributed by atoms with van der Waals surface area (Å²) in [5.74, 6) is 7.41. The Morgan fingerprint density at radius 3 is 3.07 bits per heavy atom. The molecule has 1 aliphatic heterocycles. The van der Waals surface area contributed by atoms with Gasteiger partial charge in [-0.1, -0.05) is 13.3 Å². The zero-order chi connectivity index (χ0) is 10.9. The Morgan fingerprint density at radius 2 is 2.47 bits per heavy atom. The second-order valence-electron chi connectivity index (χ2n) is 3.75. The molecular formula is C10H22N4S. The molecule has 88 valence electrons. The van der Waals surface area contributed by atoms with Crippen molar-refractivity contribution in [3.05, 3.63) is 0 Å². The van der Waals surface area contributed by atoms with Crippen molar-refractivity contribution in [2.24, 2.45) is 10.8 Å². The van der Waals surface area contributed by atoms with Crippen LogP contribution in [0.4, 0.5) is 0 Å². The van der Waals surface area contributed by atoms with Gasteiger partial charge < -0.3 is 5.32 Å². The molecule has 5 heteroatoms. The molecule has 1 saturated heterocycles. The van der Waals surface area contributed by atoms with Gasteiger partial charge in [-0.25, -0.2) is 5.84 Å². The fraction of sp³-hybridized carbons (Fsp3) is 0.900. The topological polar surface area (TPSA) is 62.4 Å². The molecular weight excluding hydrogens is 208 g/mol. The van der Waals surface area contributed by atoms with Gasteiger partial charge in [0.15, 0.2) is 0 Å². The summed E-state index contributed by atoms with van der Waals surface area (Å²) in [5.41, 5.74) is 2.61. The maximum atomic E-state index is 5.39. The maximum Gasteiger partial charge on any atom is 0.205 e. The molecule has 0 amide bonds. The molecule has 0 bridgehead atoms. The lowest BCUT2D eigenvalue weighted by Crippen LogP contribution is -2.42. The molecule has 15 heavy (non-hydrogen) atoms. The van der Waals surface area contributed by atoms with E-state index in [1.165, 1.54) is 25.0 Å². The number of hydrazine groups is 1. The number of hydrogen-bond acceptors (Lipinski definition) is 3. The molecule has 1 heterocycles. The Morgan fingerprint density at radius 1 is 1.60 bits per heavy atom. The van der Waals surface area contributed by atoms with Crippen LogP contribution in [0, 0.1) is 0 Å². The van der Waals surface area contributed by atoms with Crippen molar-refractivity contribution in [1.82, 2.24) is 10.7 Å². The number of thioether (sulfide) groups is 1. The van der Waals surface area contributed by atoms with Gasteiger partial charge in [-0.05, 0) is 25.0 Å².